The molecule has 0 unspecified atom stereocenters. The lowest BCUT2D eigenvalue weighted by molar-refractivity contribution is 0.0643. The van der Waals surface area contributed by atoms with E-state index in [1.807, 2.05) is 27.7 Å². The van der Waals surface area contributed by atoms with Gasteiger partial charge in [-0.1, -0.05) is 0 Å². The lowest BCUT2D eigenvalue weighted by Gasteiger charge is -2.30. The fourth-order valence-electron chi connectivity index (χ4n) is 1.93. The van der Waals surface area contributed by atoms with Crippen molar-refractivity contribution in [2.75, 3.05) is 0 Å². The molecule has 1 aromatic carbocycles. The molecule has 0 saturated carbocycles. The summed E-state index contributed by atoms with van der Waals surface area (Å²) < 4.78 is 0. The maximum absolute atomic E-state index is 12.2. The highest BCUT2D eigenvalue weighted by molar-refractivity contribution is 5.95. The summed E-state index contributed by atoms with van der Waals surface area (Å²) in [7, 11) is 0. The van der Waals surface area contributed by atoms with Gasteiger partial charge >= 0.3 is 0 Å². The van der Waals surface area contributed by atoms with Crippen LogP contribution < -0.4 is 0 Å². The monoisotopic (exact) mass is 237 g/mol. The molecule has 2 N–H and O–H groups in total. The largest absolute Gasteiger partial charge is 0.508 e. The molecule has 0 saturated heterocycles. The van der Waals surface area contributed by atoms with Crippen molar-refractivity contribution in [2.45, 2.75) is 39.8 Å². The van der Waals surface area contributed by atoms with Gasteiger partial charge in [-0.25, -0.2) is 0 Å². The van der Waals surface area contributed by atoms with Crippen LogP contribution in [0.2, 0.25) is 0 Å². The summed E-state index contributed by atoms with van der Waals surface area (Å²) in [5, 5.41) is 18.7. The number of amides is 1. The van der Waals surface area contributed by atoms with E-state index in [0.717, 1.165) is 0 Å². The first-order valence-corrected chi connectivity index (χ1v) is 5.68. The van der Waals surface area contributed by atoms with Gasteiger partial charge in [0.05, 0.1) is 0 Å². The van der Waals surface area contributed by atoms with Crippen molar-refractivity contribution in [3.63, 3.8) is 0 Å². The number of phenolic OH excluding ortho intramolecular Hbond substituents is 2. The smallest absolute Gasteiger partial charge is 0.254 e. The summed E-state index contributed by atoms with van der Waals surface area (Å²) in [5.41, 5.74) is 0.296. The molecule has 4 heteroatoms. The fourth-order valence-corrected chi connectivity index (χ4v) is 1.93. The average molecular weight is 237 g/mol. The van der Waals surface area contributed by atoms with E-state index in [4.69, 9.17) is 0 Å². The number of carbonyl (C=O) groups is 1. The second-order valence-corrected chi connectivity index (χ2v) is 4.64. The van der Waals surface area contributed by atoms with Gasteiger partial charge < -0.3 is 15.1 Å². The van der Waals surface area contributed by atoms with E-state index in [1.54, 1.807) is 4.90 Å². The molecule has 0 spiro atoms. The molecular weight excluding hydrogens is 218 g/mol. The van der Waals surface area contributed by atoms with Gasteiger partial charge in [0.1, 0.15) is 11.5 Å². The van der Waals surface area contributed by atoms with Gasteiger partial charge in [0.25, 0.3) is 5.91 Å². The van der Waals surface area contributed by atoms with Crippen LogP contribution in [0, 0.1) is 0 Å². The second kappa shape index (κ2) is 5.08. The van der Waals surface area contributed by atoms with E-state index < -0.39 is 0 Å². The average Bonchev–Trinajstić information content (AvgIpc) is 2.14. The molecule has 1 rings (SSSR count). The van der Waals surface area contributed by atoms with Crippen LogP contribution in [0.4, 0.5) is 0 Å². The van der Waals surface area contributed by atoms with E-state index in [2.05, 4.69) is 0 Å². The van der Waals surface area contributed by atoms with Crippen molar-refractivity contribution < 1.29 is 15.0 Å². The van der Waals surface area contributed by atoms with Gasteiger partial charge in [0, 0.05) is 23.7 Å². The Kier molecular flexibility index (Phi) is 3.99. The Hall–Kier alpha value is -1.71. The van der Waals surface area contributed by atoms with Gasteiger partial charge in [-0.2, -0.15) is 0 Å². The molecule has 0 aliphatic rings. The highest BCUT2D eigenvalue weighted by Gasteiger charge is 2.22. The molecule has 0 aromatic heterocycles. The van der Waals surface area contributed by atoms with Gasteiger partial charge in [-0.05, 0) is 39.8 Å². The molecule has 0 heterocycles. The van der Waals surface area contributed by atoms with Crippen LogP contribution >= 0.6 is 0 Å². The molecule has 0 bridgehead atoms. The Balaban J connectivity index is 3.09. The van der Waals surface area contributed by atoms with Crippen molar-refractivity contribution in [1.82, 2.24) is 4.90 Å². The fraction of sp³-hybridized carbons (Fsp3) is 0.462. The van der Waals surface area contributed by atoms with E-state index in [-0.39, 0.29) is 29.5 Å². The van der Waals surface area contributed by atoms with Crippen LogP contribution in [-0.2, 0) is 0 Å². The normalized spacial score (nSPS) is 10.9. The Morgan fingerprint density at radius 3 is 1.76 bits per heavy atom. The topological polar surface area (TPSA) is 60.8 Å². The maximum Gasteiger partial charge on any atom is 0.254 e. The van der Waals surface area contributed by atoms with Crippen molar-refractivity contribution >= 4 is 5.91 Å². The third-order valence-corrected chi connectivity index (χ3v) is 2.50. The lowest BCUT2D eigenvalue weighted by atomic mass is 10.1. The Morgan fingerprint density at radius 1 is 1.00 bits per heavy atom. The first-order valence-electron chi connectivity index (χ1n) is 5.68. The van der Waals surface area contributed by atoms with Gasteiger partial charge in [-0.15, -0.1) is 0 Å². The molecule has 0 atom stereocenters. The Labute approximate surface area is 101 Å². The zero-order valence-electron chi connectivity index (χ0n) is 10.6. The maximum atomic E-state index is 12.2. The molecule has 1 amide bonds. The van der Waals surface area contributed by atoms with E-state index in [1.165, 1.54) is 18.2 Å². The number of phenols is 2. The molecule has 0 aliphatic heterocycles. The molecule has 0 radical (unpaired) electrons. The van der Waals surface area contributed by atoms with Crippen LogP contribution in [0.1, 0.15) is 38.1 Å². The number of rotatable bonds is 3. The number of aromatic hydroxyl groups is 2. The summed E-state index contributed by atoms with van der Waals surface area (Å²) >= 11 is 0. The zero-order chi connectivity index (χ0) is 13.2. The summed E-state index contributed by atoms with van der Waals surface area (Å²) in [4.78, 5) is 13.9. The van der Waals surface area contributed by atoms with Crippen LogP contribution in [-0.4, -0.2) is 33.1 Å². The van der Waals surface area contributed by atoms with Crippen molar-refractivity contribution in [2.24, 2.45) is 0 Å². The minimum Gasteiger partial charge on any atom is -0.508 e. The van der Waals surface area contributed by atoms with Crippen molar-refractivity contribution in [1.29, 1.82) is 0 Å². The summed E-state index contributed by atoms with van der Waals surface area (Å²) in [6.45, 7) is 7.72. The summed E-state index contributed by atoms with van der Waals surface area (Å²) in [5.74, 6) is -0.414. The lowest BCUT2D eigenvalue weighted by Crippen LogP contribution is -2.42. The van der Waals surface area contributed by atoms with Crippen molar-refractivity contribution in [3.8, 4) is 11.5 Å². The minimum atomic E-state index is -0.193. The first kappa shape index (κ1) is 13.4. The van der Waals surface area contributed by atoms with E-state index >= 15 is 0 Å². The highest BCUT2D eigenvalue weighted by atomic mass is 16.3. The molecular formula is C13H19NO3. The van der Waals surface area contributed by atoms with Crippen LogP contribution in [0.3, 0.4) is 0 Å². The Morgan fingerprint density at radius 2 is 1.41 bits per heavy atom. The SMILES string of the molecule is CC(C)N(C(=O)c1cc(O)cc(O)c1)C(C)C. The molecule has 0 fully saturated rings. The minimum absolute atomic E-state index is 0.0620. The molecule has 1 aromatic rings. The standard InChI is InChI=1S/C13H19NO3/c1-8(2)14(9(3)4)13(17)10-5-11(15)7-12(16)6-10/h5-9,15-16H,1-4H3. The third-order valence-electron chi connectivity index (χ3n) is 2.50. The summed E-state index contributed by atoms with van der Waals surface area (Å²) in [6, 6.07) is 4.05. The van der Waals surface area contributed by atoms with Gasteiger partial charge in [-0.3, -0.25) is 4.79 Å². The van der Waals surface area contributed by atoms with Crippen LogP contribution in [0.25, 0.3) is 0 Å². The highest BCUT2D eigenvalue weighted by Crippen LogP contribution is 2.22. The predicted octanol–water partition coefficient (Wildman–Crippen LogP) is 2.36. The van der Waals surface area contributed by atoms with Gasteiger partial charge in [0.2, 0.25) is 0 Å². The number of nitrogens with zero attached hydrogens (tertiary/aromatic N) is 1. The third kappa shape index (κ3) is 3.12. The molecule has 94 valence electrons. The number of carbonyl (C=O) groups excluding carboxylic acids is 1. The Bertz CT molecular complexity index is 385. The quantitative estimate of drug-likeness (QED) is 0.848. The zero-order valence-corrected chi connectivity index (χ0v) is 10.6. The number of benzene rings is 1. The molecule has 4 nitrogen and oxygen atoms in total. The van der Waals surface area contributed by atoms with Crippen molar-refractivity contribution in [3.05, 3.63) is 23.8 Å². The van der Waals surface area contributed by atoms with Crippen LogP contribution in [0.15, 0.2) is 18.2 Å². The molecule has 0 aliphatic carbocycles. The first-order chi connectivity index (χ1) is 7.82. The summed E-state index contributed by atoms with van der Waals surface area (Å²) in [6.07, 6.45) is 0. The van der Waals surface area contributed by atoms with Gasteiger partial charge in [0.15, 0.2) is 0 Å². The van der Waals surface area contributed by atoms with E-state index in [0.29, 0.717) is 5.56 Å². The van der Waals surface area contributed by atoms with Crippen LogP contribution in [0.5, 0.6) is 11.5 Å². The molecule has 17 heavy (non-hydrogen) atoms. The van der Waals surface area contributed by atoms with E-state index in [9.17, 15) is 15.0 Å². The predicted molar refractivity (Wildman–Crippen MR) is 66.2 cm³/mol. The number of hydrogen-bond acceptors (Lipinski definition) is 3. The second-order valence-electron chi connectivity index (χ2n) is 4.64. The number of hydrogen-bond donors (Lipinski definition) is 2.